The lowest BCUT2D eigenvalue weighted by Crippen LogP contribution is -2.08. The molecule has 0 radical (unpaired) electrons. The molecule has 0 spiro atoms. The Morgan fingerprint density at radius 3 is 2.62 bits per heavy atom. The third-order valence-electron chi connectivity index (χ3n) is 3.34. The Balaban J connectivity index is 2.02. The summed E-state index contributed by atoms with van der Waals surface area (Å²) in [5.74, 6) is 1.72. The molecule has 0 aliphatic rings. The monoisotopic (exact) mass is 328 g/mol. The maximum atomic E-state index is 10.8. The molecule has 0 fully saturated rings. The molecule has 0 unspecified atom stereocenters. The third-order valence-corrected chi connectivity index (χ3v) is 3.34. The van der Waals surface area contributed by atoms with Crippen molar-refractivity contribution < 1.29 is 14.4 Å². The summed E-state index contributed by atoms with van der Waals surface area (Å²) in [4.78, 5) is 14.1. The number of rotatable bonds is 7. The highest BCUT2D eigenvalue weighted by Crippen LogP contribution is 2.27. The first kappa shape index (κ1) is 17.0. The lowest BCUT2D eigenvalue weighted by atomic mass is 10.1. The lowest BCUT2D eigenvalue weighted by molar-refractivity contribution is -0.385. The molecule has 1 aromatic heterocycles. The number of methoxy groups -OCH3 is 2. The van der Waals surface area contributed by atoms with Crippen LogP contribution < -0.4 is 14.8 Å². The minimum Gasteiger partial charge on any atom is -0.493 e. The van der Waals surface area contributed by atoms with Gasteiger partial charge in [0.15, 0.2) is 11.5 Å². The van der Waals surface area contributed by atoms with E-state index in [1.54, 1.807) is 20.3 Å². The van der Waals surface area contributed by atoms with Crippen LogP contribution in [0.1, 0.15) is 11.3 Å². The van der Waals surface area contributed by atoms with Gasteiger partial charge < -0.3 is 14.8 Å². The zero-order valence-electron chi connectivity index (χ0n) is 13.3. The van der Waals surface area contributed by atoms with Gasteiger partial charge in [-0.05, 0) is 30.2 Å². The second-order valence-electron chi connectivity index (χ2n) is 4.80. The van der Waals surface area contributed by atoms with Crippen LogP contribution in [0.2, 0.25) is 0 Å². The van der Waals surface area contributed by atoms with Gasteiger partial charge in [-0.15, -0.1) is 0 Å². The summed E-state index contributed by atoms with van der Waals surface area (Å²) in [5.41, 5.74) is 0.515. The van der Waals surface area contributed by atoms with Crippen LogP contribution >= 0.6 is 0 Å². The van der Waals surface area contributed by atoms with Crippen molar-refractivity contribution in [3.05, 3.63) is 51.7 Å². The Kier molecular flexibility index (Phi) is 5.52. The number of anilines is 1. The topological polar surface area (TPSA) is 110 Å². The maximum Gasteiger partial charge on any atom is 0.305 e. The van der Waals surface area contributed by atoms with Crippen LogP contribution in [0.3, 0.4) is 0 Å². The van der Waals surface area contributed by atoms with Gasteiger partial charge in [-0.2, -0.15) is 5.26 Å². The first-order valence-electron chi connectivity index (χ1n) is 7.09. The highest BCUT2D eigenvalue weighted by molar-refractivity contribution is 5.50. The molecule has 8 nitrogen and oxygen atoms in total. The molecule has 0 atom stereocenters. The van der Waals surface area contributed by atoms with E-state index in [9.17, 15) is 10.1 Å². The summed E-state index contributed by atoms with van der Waals surface area (Å²) in [6.07, 6.45) is 0.681. The second-order valence-corrected chi connectivity index (χ2v) is 4.80. The molecular weight excluding hydrogens is 312 g/mol. The van der Waals surface area contributed by atoms with Crippen LogP contribution in [0.25, 0.3) is 0 Å². The van der Waals surface area contributed by atoms with Crippen molar-refractivity contribution in [2.75, 3.05) is 26.1 Å². The minimum atomic E-state index is -0.626. The summed E-state index contributed by atoms with van der Waals surface area (Å²) < 4.78 is 10.4. The normalized spacial score (nSPS) is 9.88. The number of aromatic nitrogens is 1. The van der Waals surface area contributed by atoms with Crippen molar-refractivity contribution in [2.45, 2.75) is 6.42 Å². The zero-order chi connectivity index (χ0) is 17.5. The fraction of sp³-hybridized carbons (Fsp3) is 0.250. The minimum absolute atomic E-state index is 0.212. The van der Waals surface area contributed by atoms with E-state index < -0.39 is 4.92 Å². The Labute approximate surface area is 138 Å². The smallest absolute Gasteiger partial charge is 0.305 e. The molecule has 2 aromatic rings. The highest BCUT2D eigenvalue weighted by atomic mass is 16.6. The number of nitro groups is 1. The van der Waals surface area contributed by atoms with Crippen molar-refractivity contribution in [3.63, 3.8) is 0 Å². The Morgan fingerprint density at radius 1 is 1.25 bits per heavy atom. The average Bonchev–Trinajstić information content (AvgIpc) is 2.61. The molecule has 1 aromatic carbocycles. The summed E-state index contributed by atoms with van der Waals surface area (Å²) in [6.45, 7) is 0.547. The van der Waals surface area contributed by atoms with E-state index in [2.05, 4.69) is 10.3 Å². The summed E-state index contributed by atoms with van der Waals surface area (Å²) in [6, 6.07) is 10.1. The standard InChI is InChI=1S/C16H16N4O4/c1-23-14-5-3-11(9-15(14)24-2)7-8-18-16-6-4-13(20(21)22)12(10-17)19-16/h3-6,9H,7-8H2,1-2H3,(H,18,19). The molecule has 0 amide bonds. The fourth-order valence-electron chi connectivity index (χ4n) is 2.15. The second kappa shape index (κ2) is 7.78. The largest absolute Gasteiger partial charge is 0.493 e. The van der Waals surface area contributed by atoms with E-state index in [0.29, 0.717) is 30.3 Å². The van der Waals surface area contributed by atoms with Crippen LogP contribution in [0.15, 0.2) is 30.3 Å². The van der Waals surface area contributed by atoms with Crippen LogP contribution in [0.4, 0.5) is 11.5 Å². The van der Waals surface area contributed by atoms with Crippen molar-refractivity contribution in [2.24, 2.45) is 0 Å². The van der Waals surface area contributed by atoms with Crippen molar-refractivity contribution >= 4 is 11.5 Å². The number of nitrogens with one attached hydrogen (secondary N) is 1. The summed E-state index contributed by atoms with van der Waals surface area (Å²) in [5, 5.41) is 22.8. The van der Waals surface area contributed by atoms with Crippen LogP contribution in [0, 0.1) is 21.4 Å². The molecule has 24 heavy (non-hydrogen) atoms. The molecule has 0 saturated carbocycles. The van der Waals surface area contributed by atoms with Gasteiger partial charge in [0.25, 0.3) is 0 Å². The van der Waals surface area contributed by atoms with E-state index in [0.717, 1.165) is 5.56 Å². The summed E-state index contributed by atoms with van der Waals surface area (Å²) in [7, 11) is 3.15. The van der Waals surface area contributed by atoms with Crippen molar-refractivity contribution in [1.82, 2.24) is 4.98 Å². The molecule has 124 valence electrons. The number of nitriles is 1. The number of ether oxygens (including phenoxy) is 2. The lowest BCUT2D eigenvalue weighted by Gasteiger charge is -2.10. The fourth-order valence-corrected chi connectivity index (χ4v) is 2.15. The third kappa shape index (κ3) is 3.89. The molecule has 0 saturated heterocycles. The van der Waals surface area contributed by atoms with E-state index in [-0.39, 0.29) is 11.4 Å². The molecule has 0 bridgehead atoms. The van der Waals surface area contributed by atoms with Crippen LogP contribution in [-0.2, 0) is 6.42 Å². The first-order chi connectivity index (χ1) is 11.6. The zero-order valence-corrected chi connectivity index (χ0v) is 13.3. The van der Waals surface area contributed by atoms with Crippen LogP contribution in [-0.4, -0.2) is 30.7 Å². The van der Waals surface area contributed by atoms with Gasteiger partial charge in [-0.25, -0.2) is 4.98 Å². The van der Waals surface area contributed by atoms with Gasteiger partial charge in [0.05, 0.1) is 19.1 Å². The predicted molar refractivity (Wildman–Crippen MR) is 87.3 cm³/mol. The molecule has 1 heterocycles. The summed E-state index contributed by atoms with van der Waals surface area (Å²) >= 11 is 0. The Morgan fingerprint density at radius 2 is 2.00 bits per heavy atom. The molecule has 2 rings (SSSR count). The van der Waals surface area contributed by atoms with Gasteiger partial charge in [0, 0.05) is 12.6 Å². The van der Waals surface area contributed by atoms with E-state index in [4.69, 9.17) is 14.7 Å². The van der Waals surface area contributed by atoms with Crippen LogP contribution in [0.5, 0.6) is 11.5 Å². The van der Waals surface area contributed by atoms with Gasteiger partial charge in [-0.3, -0.25) is 10.1 Å². The van der Waals surface area contributed by atoms with E-state index in [1.165, 1.54) is 12.1 Å². The first-order valence-corrected chi connectivity index (χ1v) is 7.09. The quantitative estimate of drug-likeness (QED) is 0.614. The number of pyridine rings is 1. The molecule has 0 aliphatic heterocycles. The Bertz CT molecular complexity index is 786. The molecule has 0 aliphatic carbocycles. The molecular formula is C16H16N4O4. The number of hydrogen-bond donors (Lipinski definition) is 1. The van der Waals surface area contributed by atoms with E-state index in [1.807, 2.05) is 18.2 Å². The van der Waals surface area contributed by atoms with Gasteiger partial charge in [-0.1, -0.05) is 6.07 Å². The van der Waals surface area contributed by atoms with Crippen molar-refractivity contribution in [1.29, 1.82) is 5.26 Å². The van der Waals surface area contributed by atoms with Crippen molar-refractivity contribution in [3.8, 4) is 17.6 Å². The maximum absolute atomic E-state index is 10.8. The van der Waals surface area contributed by atoms with Gasteiger partial charge >= 0.3 is 5.69 Å². The number of nitrogens with zero attached hydrogens (tertiary/aromatic N) is 3. The van der Waals surface area contributed by atoms with E-state index >= 15 is 0 Å². The predicted octanol–water partition coefficient (Wildman–Crippen LogP) is 2.53. The van der Waals surface area contributed by atoms with Gasteiger partial charge in [0.1, 0.15) is 11.9 Å². The van der Waals surface area contributed by atoms with Gasteiger partial charge in [0.2, 0.25) is 5.69 Å². The highest BCUT2D eigenvalue weighted by Gasteiger charge is 2.15. The molecule has 8 heteroatoms. The molecule has 1 N–H and O–H groups in total. The number of hydrogen-bond acceptors (Lipinski definition) is 7. The Hall–Kier alpha value is -3.34. The average molecular weight is 328 g/mol. The number of benzene rings is 1. The SMILES string of the molecule is COc1ccc(CCNc2ccc([N+](=O)[O-])c(C#N)n2)cc1OC.